The van der Waals surface area contributed by atoms with E-state index < -0.39 is 23.1 Å². The summed E-state index contributed by atoms with van der Waals surface area (Å²) in [7, 11) is 0. The van der Waals surface area contributed by atoms with E-state index in [-0.39, 0.29) is 12.8 Å². The lowest BCUT2D eigenvalue weighted by molar-refractivity contribution is -0.139. The summed E-state index contributed by atoms with van der Waals surface area (Å²) in [5, 5.41) is 4.25. The van der Waals surface area contributed by atoms with E-state index in [0.717, 1.165) is 5.56 Å². The highest BCUT2D eigenvalue weighted by Gasteiger charge is 2.43. The van der Waals surface area contributed by atoms with Gasteiger partial charge in [-0.3, -0.25) is 29.8 Å². The van der Waals surface area contributed by atoms with Gasteiger partial charge in [0.25, 0.3) is 0 Å². The summed E-state index contributed by atoms with van der Waals surface area (Å²) in [4.78, 5) is 47.8. The number of imide groups is 2. The molecular formula is C19H18N2O4. The second kappa shape index (κ2) is 8.01. The van der Waals surface area contributed by atoms with Crippen LogP contribution < -0.4 is 10.6 Å². The van der Waals surface area contributed by atoms with Crippen molar-refractivity contribution in [1.29, 1.82) is 0 Å². The lowest BCUT2D eigenvalue weighted by Crippen LogP contribution is -2.54. The highest BCUT2D eigenvalue weighted by molar-refractivity contribution is 6.16. The molecule has 2 N–H and O–H groups in total. The molecule has 6 nitrogen and oxygen atoms in total. The third-order valence-electron chi connectivity index (χ3n) is 3.91. The molecule has 2 aromatic rings. The third-order valence-corrected chi connectivity index (χ3v) is 3.91. The Hall–Kier alpha value is -3.28. The van der Waals surface area contributed by atoms with Crippen LogP contribution in [0.5, 0.6) is 0 Å². The fourth-order valence-corrected chi connectivity index (χ4v) is 2.41. The van der Waals surface area contributed by atoms with E-state index in [1.54, 1.807) is 54.6 Å². The highest BCUT2D eigenvalue weighted by atomic mass is 16.2. The smallest absolute Gasteiger partial charge is 0.246 e. The molecule has 0 saturated carbocycles. The van der Waals surface area contributed by atoms with Crippen LogP contribution in [0.1, 0.15) is 18.1 Å². The summed E-state index contributed by atoms with van der Waals surface area (Å²) in [5.41, 5.74) is -0.597. The summed E-state index contributed by atoms with van der Waals surface area (Å²) in [6.07, 6.45) is 0.218. The number of carbonyl (C=O) groups is 4. The van der Waals surface area contributed by atoms with E-state index in [1.807, 2.05) is 11.4 Å². The molecule has 0 saturated heterocycles. The number of benzene rings is 2. The van der Waals surface area contributed by atoms with Gasteiger partial charge in [-0.05, 0) is 18.1 Å². The van der Waals surface area contributed by atoms with E-state index in [0.29, 0.717) is 5.56 Å². The Bertz CT molecular complexity index is 775. The van der Waals surface area contributed by atoms with Gasteiger partial charge in [-0.25, -0.2) is 0 Å². The summed E-state index contributed by atoms with van der Waals surface area (Å²) in [6.45, 7) is 1.37. The zero-order valence-electron chi connectivity index (χ0n) is 13.7. The van der Waals surface area contributed by atoms with Gasteiger partial charge in [-0.15, -0.1) is 0 Å². The summed E-state index contributed by atoms with van der Waals surface area (Å²) >= 11 is 0. The van der Waals surface area contributed by atoms with Crippen LogP contribution in [0, 0.1) is 0 Å². The SMILES string of the molecule is CC(C(=O)NC=O)(C(=O)NC(=O)Cc1ccccc1)c1ccccc1. The normalized spacial score (nSPS) is 12.5. The van der Waals surface area contributed by atoms with Crippen LogP contribution in [0.25, 0.3) is 0 Å². The van der Waals surface area contributed by atoms with Crippen LogP contribution in [-0.4, -0.2) is 24.1 Å². The van der Waals surface area contributed by atoms with Crippen LogP contribution in [0.4, 0.5) is 0 Å². The van der Waals surface area contributed by atoms with Crippen molar-refractivity contribution in [2.24, 2.45) is 0 Å². The topological polar surface area (TPSA) is 92.3 Å². The fourth-order valence-electron chi connectivity index (χ4n) is 2.41. The monoisotopic (exact) mass is 338 g/mol. The van der Waals surface area contributed by atoms with Crippen molar-refractivity contribution in [2.45, 2.75) is 18.8 Å². The van der Waals surface area contributed by atoms with Gasteiger partial charge in [-0.2, -0.15) is 0 Å². The van der Waals surface area contributed by atoms with Gasteiger partial charge in [0, 0.05) is 0 Å². The molecule has 128 valence electrons. The molecule has 0 aliphatic heterocycles. The third kappa shape index (κ3) is 4.17. The maximum Gasteiger partial charge on any atom is 0.246 e. The van der Waals surface area contributed by atoms with Crippen LogP contribution >= 0.6 is 0 Å². The summed E-state index contributed by atoms with van der Waals surface area (Å²) < 4.78 is 0. The quantitative estimate of drug-likeness (QED) is 0.609. The minimum Gasteiger partial charge on any atom is -0.298 e. The molecule has 0 spiro atoms. The van der Waals surface area contributed by atoms with Crippen LogP contribution in [0.3, 0.4) is 0 Å². The van der Waals surface area contributed by atoms with E-state index in [4.69, 9.17) is 0 Å². The first-order chi connectivity index (χ1) is 12.0. The lowest BCUT2D eigenvalue weighted by atomic mass is 9.80. The Labute approximate surface area is 145 Å². The second-order valence-corrected chi connectivity index (χ2v) is 5.62. The molecule has 0 heterocycles. The lowest BCUT2D eigenvalue weighted by Gasteiger charge is -2.26. The van der Waals surface area contributed by atoms with E-state index in [9.17, 15) is 19.2 Å². The Morgan fingerprint density at radius 3 is 2.04 bits per heavy atom. The minimum atomic E-state index is -1.71. The Balaban J connectivity index is 2.22. The number of carbonyl (C=O) groups excluding carboxylic acids is 4. The van der Waals surface area contributed by atoms with Gasteiger partial charge in [0.1, 0.15) is 0 Å². The zero-order valence-corrected chi connectivity index (χ0v) is 13.7. The number of amides is 4. The molecule has 0 aromatic heterocycles. The van der Waals surface area contributed by atoms with Crippen molar-refractivity contribution in [1.82, 2.24) is 10.6 Å². The van der Waals surface area contributed by atoms with Gasteiger partial charge in [0.15, 0.2) is 5.41 Å². The highest BCUT2D eigenvalue weighted by Crippen LogP contribution is 2.24. The molecule has 1 atom stereocenters. The minimum absolute atomic E-state index is 0.00670. The molecule has 4 amide bonds. The molecule has 2 aromatic carbocycles. The number of rotatable bonds is 6. The van der Waals surface area contributed by atoms with Crippen molar-refractivity contribution < 1.29 is 19.2 Å². The first kappa shape index (κ1) is 18.1. The summed E-state index contributed by atoms with van der Waals surface area (Å²) in [6, 6.07) is 17.2. The van der Waals surface area contributed by atoms with Gasteiger partial charge in [0.2, 0.25) is 24.1 Å². The predicted octanol–water partition coefficient (Wildman–Crippen LogP) is 1.10. The number of hydrogen-bond donors (Lipinski definition) is 2. The fraction of sp³-hybridized carbons (Fsp3) is 0.158. The molecular weight excluding hydrogens is 320 g/mol. The zero-order chi connectivity index (χ0) is 18.3. The van der Waals surface area contributed by atoms with E-state index in [1.165, 1.54) is 6.92 Å². The maximum absolute atomic E-state index is 12.7. The Kier molecular flexibility index (Phi) is 5.79. The second-order valence-electron chi connectivity index (χ2n) is 5.62. The summed E-state index contributed by atoms with van der Waals surface area (Å²) in [5.74, 6) is -2.13. The molecule has 0 fully saturated rings. The van der Waals surface area contributed by atoms with Crippen molar-refractivity contribution in [3.8, 4) is 0 Å². The molecule has 0 radical (unpaired) electrons. The van der Waals surface area contributed by atoms with E-state index in [2.05, 4.69) is 5.32 Å². The van der Waals surface area contributed by atoms with Crippen LogP contribution in [0.15, 0.2) is 60.7 Å². The molecule has 25 heavy (non-hydrogen) atoms. The van der Waals surface area contributed by atoms with Gasteiger partial charge in [-0.1, -0.05) is 60.7 Å². The van der Waals surface area contributed by atoms with Crippen LogP contribution in [-0.2, 0) is 31.0 Å². The molecule has 6 heteroatoms. The average molecular weight is 338 g/mol. The first-order valence-electron chi connectivity index (χ1n) is 7.67. The maximum atomic E-state index is 12.7. The Morgan fingerprint density at radius 1 is 0.920 bits per heavy atom. The molecule has 0 bridgehead atoms. The van der Waals surface area contributed by atoms with Crippen molar-refractivity contribution in [3.05, 3.63) is 71.8 Å². The van der Waals surface area contributed by atoms with Gasteiger partial charge in [0.05, 0.1) is 6.42 Å². The first-order valence-corrected chi connectivity index (χ1v) is 7.67. The van der Waals surface area contributed by atoms with Crippen molar-refractivity contribution in [2.75, 3.05) is 0 Å². The predicted molar refractivity (Wildman–Crippen MR) is 91.3 cm³/mol. The number of hydrogen-bond acceptors (Lipinski definition) is 4. The van der Waals surface area contributed by atoms with Gasteiger partial charge >= 0.3 is 0 Å². The van der Waals surface area contributed by atoms with E-state index >= 15 is 0 Å². The van der Waals surface area contributed by atoms with Crippen molar-refractivity contribution >= 4 is 24.1 Å². The molecule has 1 unspecified atom stereocenters. The van der Waals surface area contributed by atoms with Crippen LogP contribution in [0.2, 0.25) is 0 Å². The largest absolute Gasteiger partial charge is 0.298 e. The number of nitrogens with one attached hydrogen (secondary N) is 2. The van der Waals surface area contributed by atoms with Crippen molar-refractivity contribution in [3.63, 3.8) is 0 Å². The standard InChI is InChI=1S/C19H18N2O4/c1-19(17(24)20-13-22,15-10-6-3-7-11-15)18(25)21-16(23)12-14-8-4-2-5-9-14/h2-11,13H,12H2,1H3,(H,20,22,24)(H,21,23,25). The molecule has 0 aliphatic rings. The molecule has 2 rings (SSSR count). The average Bonchev–Trinajstić information content (AvgIpc) is 2.62. The Morgan fingerprint density at radius 2 is 1.48 bits per heavy atom. The van der Waals surface area contributed by atoms with Gasteiger partial charge < -0.3 is 0 Å². The molecule has 0 aliphatic carbocycles.